The number of ether oxygens (including phenoxy) is 2. The van der Waals surface area contributed by atoms with Gasteiger partial charge in [0.1, 0.15) is 5.82 Å². The Morgan fingerprint density at radius 1 is 1.14 bits per heavy atom. The summed E-state index contributed by atoms with van der Waals surface area (Å²) < 4.78 is 23.2. The van der Waals surface area contributed by atoms with Gasteiger partial charge in [-0.25, -0.2) is 4.39 Å². The fourth-order valence-corrected chi connectivity index (χ4v) is 2.01. The molecule has 0 fully saturated rings. The van der Waals surface area contributed by atoms with Crippen molar-refractivity contribution in [3.63, 3.8) is 0 Å². The van der Waals surface area contributed by atoms with Crippen molar-refractivity contribution in [2.45, 2.75) is 0 Å². The lowest BCUT2D eigenvalue weighted by atomic mass is 10.1. The maximum atomic E-state index is 12.8. The van der Waals surface area contributed by atoms with Crippen molar-refractivity contribution in [1.29, 1.82) is 0 Å². The lowest BCUT2D eigenvalue weighted by Crippen LogP contribution is -2.00. The number of rotatable bonds is 3. The summed E-state index contributed by atoms with van der Waals surface area (Å²) in [6.45, 7) is 0.123. The Kier molecular flexibility index (Phi) is 3.31. The number of ketones is 1. The number of benzene rings is 2. The van der Waals surface area contributed by atoms with Crippen LogP contribution in [0.5, 0.6) is 11.5 Å². The summed E-state index contributed by atoms with van der Waals surface area (Å²) in [6.07, 6.45) is 2.99. The Balaban J connectivity index is 1.84. The Bertz CT molecular complexity index is 723. The van der Waals surface area contributed by atoms with Crippen molar-refractivity contribution in [3.05, 3.63) is 59.4 Å². The maximum Gasteiger partial charge on any atom is 0.231 e. The van der Waals surface area contributed by atoms with E-state index in [1.807, 2.05) is 0 Å². The first-order valence-corrected chi connectivity index (χ1v) is 6.30. The summed E-state index contributed by atoms with van der Waals surface area (Å²) >= 11 is 0. The smallest absolute Gasteiger partial charge is 0.231 e. The number of carbonyl (C=O) groups is 1. The summed E-state index contributed by atoms with van der Waals surface area (Å²) in [5, 5.41) is 0. The average molecular weight is 285 g/mol. The summed E-state index contributed by atoms with van der Waals surface area (Å²) in [4.78, 5) is 12.2. The Hall–Kier alpha value is -2.82. The van der Waals surface area contributed by atoms with E-state index >= 15 is 0 Å². The van der Waals surface area contributed by atoms with E-state index in [-0.39, 0.29) is 18.4 Å². The number of nitrogens with two attached hydrogens (primary N) is 1. The molecule has 106 valence electrons. The second kappa shape index (κ2) is 5.28. The van der Waals surface area contributed by atoms with Gasteiger partial charge in [0, 0.05) is 17.3 Å². The Morgan fingerprint density at radius 2 is 1.81 bits per heavy atom. The lowest BCUT2D eigenvalue weighted by Gasteiger charge is -2.04. The minimum Gasteiger partial charge on any atom is -0.454 e. The molecule has 0 unspecified atom stereocenters. The van der Waals surface area contributed by atoms with Gasteiger partial charge in [0.15, 0.2) is 17.3 Å². The molecule has 0 aromatic heterocycles. The minimum atomic E-state index is -0.321. The maximum absolute atomic E-state index is 12.8. The van der Waals surface area contributed by atoms with E-state index in [4.69, 9.17) is 15.2 Å². The molecule has 0 spiro atoms. The Labute approximate surface area is 120 Å². The SMILES string of the molecule is Nc1cc2c(cc1C(=O)/C=C/c1ccc(F)cc1)OCO2. The molecular formula is C16H12FNO3. The van der Waals surface area contributed by atoms with E-state index in [1.165, 1.54) is 18.2 Å². The standard InChI is InChI=1S/C16H12FNO3/c17-11-4-1-10(2-5-11)3-6-14(19)12-7-15-16(8-13(12)18)21-9-20-15/h1-8H,9,18H2/b6-3+. The molecule has 0 amide bonds. The highest BCUT2D eigenvalue weighted by Gasteiger charge is 2.18. The van der Waals surface area contributed by atoms with Crippen LogP contribution in [0.15, 0.2) is 42.5 Å². The molecule has 0 aliphatic carbocycles. The molecule has 5 heteroatoms. The molecule has 3 rings (SSSR count). The van der Waals surface area contributed by atoms with Crippen molar-refractivity contribution in [2.75, 3.05) is 12.5 Å². The van der Waals surface area contributed by atoms with Crippen LogP contribution < -0.4 is 15.2 Å². The van der Waals surface area contributed by atoms with Gasteiger partial charge in [0.2, 0.25) is 6.79 Å². The van der Waals surface area contributed by atoms with Crippen LogP contribution in [0.4, 0.5) is 10.1 Å². The van der Waals surface area contributed by atoms with Gasteiger partial charge in [0.05, 0.1) is 0 Å². The van der Waals surface area contributed by atoms with Crippen LogP contribution in [-0.2, 0) is 0 Å². The summed E-state index contributed by atoms with van der Waals surface area (Å²) in [6, 6.07) is 8.97. The van der Waals surface area contributed by atoms with E-state index in [9.17, 15) is 9.18 Å². The van der Waals surface area contributed by atoms with E-state index in [1.54, 1.807) is 30.3 Å². The third-order valence-electron chi connectivity index (χ3n) is 3.11. The van der Waals surface area contributed by atoms with Gasteiger partial charge in [-0.15, -0.1) is 0 Å². The zero-order valence-electron chi connectivity index (χ0n) is 11.0. The van der Waals surface area contributed by atoms with Gasteiger partial charge in [-0.05, 0) is 29.8 Å². The number of hydrogen-bond acceptors (Lipinski definition) is 4. The van der Waals surface area contributed by atoms with E-state index < -0.39 is 0 Å². The first-order chi connectivity index (χ1) is 10.1. The molecule has 0 saturated carbocycles. The number of fused-ring (bicyclic) bond motifs is 1. The molecule has 1 aliphatic heterocycles. The quantitative estimate of drug-likeness (QED) is 0.535. The zero-order valence-corrected chi connectivity index (χ0v) is 11.0. The van der Waals surface area contributed by atoms with Crippen molar-refractivity contribution in [3.8, 4) is 11.5 Å². The molecule has 21 heavy (non-hydrogen) atoms. The predicted molar refractivity (Wildman–Crippen MR) is 76.7 cm³/mol. The third-order valence-corrected chi connectivity index (χ3v) is 3.11. The normalized spacial score (nSPS) is 12.8. The fourth-order valence-electron chi connectivity index (χ4n) is 2.01. The third kappa shape index (κ3) is 2.72. The molecule has 2 N–H and O–H groups in total. The largest absolute Gasteiger partial charge is 0.454 e. The van der Waals surface area contributed by atoms with Crippen LogP contribution in [0.25, 0.3) is 6.08 Å². The van der Waals surface area contributed by atoms with Gasteiger partial charge in [-0.1, -0.05) is 18.2 Å². The number of carbonyl (C=O) groups excluding carboxylic acids is 1. The van der Waals surface area contributed by atoms with Crippen LogP contribution in [0, 0.1) is 5.82 Å². The van der Waals surface area contributed by atoms with Crippen LogP contribution in [0.1, 0.15) is 15.9 Å². The molecule has 1 heterocycles. The highest BCUT2D eigenvalue weighted by atomic mass is 19.1. The van der Waals surface area contributed by atoms with E-state index in [0.717, 1.165) is 5.56 Å². The van der Waals surface area contributed by atoms with Crippen molar-refractivity contribution in [1.82, 2.24) is 0 Å². The van der Waals surface area contributed by atoms with Crippen molar-refractivity contribution in [2.24, 2.45) is 0 Å². The molecule has 4 nitrogen and oxygen atoms in total. The predicted octanol–water partition coefficient (Wildman–Crippen LogP) is 3.03. The number of anilines is 1. The Morgan fingerprint density at radius 3 is 2.52 bits per heavy atom. The zero-order chi connectivity index (χ0) is 14.8. The molecule has 0 atom stereocenters. The molecule has 1 aliphatic rings. The van der Waals surface area contributed by atoms with E-state index in [2.05, 4.69) is 0 Å². The van der Waals surface area contributed by atoms with Gasteiger partial charge in [0.25, 0.3) is 0 Å². The van der Waals surface area contributed by atoms with Crippen LogP contribution in [0.3, 0.4) is 0 Å². The molecule has 0 radical (unpaired) electrons. The first kappa shape index (κ1) is 13.2. The fraction of sp³-hybridized carbons (Fsp3) is 0.0625. The lowest BCUT2D eigenvalue weighted by molar-refractivity contribution is 0.104. The van der Waals surface area contributed by atoms with Gasteiger partial charge in [-0.2, -0.15) is 0 Å². The van der Waals surface area contributed by atoms with Crippen LogP contribution in [-0.4, -0.2) is 12.6 Å². The van der Waals surface area contributed by atoms with Crippen LogP contribution >= 0.6 is 0 Å². The minimum absolute atomic E-state index is 0.123. The topological polar surface area (TPSA) is 61.6 Å². The van der Waals surface area contributed by atoms with Gasteiger partial charge in [-0.3, -0.25) is 4.79 Å². The average Bonchev–Trinajstić information content (AvgIpc) is 2.92. The second-order valence-corrected chi connectivity index (χ2v) is 4.54. The summed E-state index contributed by atoms with van der Waals surface area (Å²) in [5.74, 6) is 0.461. The van der Waals surface area contributed by atoms with Gasteiger partial charge >= 0.3 is 0 Å². The molecule has 0 saturated heterocycles. The first-order valence-electron chi connectivity index (χ1n) is 6.30. The summed E-state index contributed by atoms with van der Waals surface area (Å²) in [5.41, 5.74) is 7.24. The second-order valence-electron chi connectivity index (χ2n) is 4.54. The van der Waals surface area contributed by atoms with Crippen LogP contribution in [0.2, 0.25) is 0 Å². The van der Waals surface area contributed by atoms with Gasteiger partial charge < -0.3 is 15.2 Å². The summed E-state index contributed by atoms with van der Waals surface area (Å²) in [7, 11) is 0. The van der Waals surface area contributed by atoms with E-state index in [0.29, 0.717) is 22.7 Å². The van der Waals surface area contributed by atoms with Crippen molar-refractivity contribution < 1.29 is 18.7 Å². The van der Waals surface area contributed by atoms with Crippen molar-refractivity contribution >= 4 is 17.5 Å². The number of hydrogen-bond donors (Lipinski definition) is 1. The molecule has 2 aromatic rings. The highest BCUT2D eigenvalue weighted by molar-refractivity contribution is 6.10. The molecule has 2 aromatic carbocycles. The highest BCUT2D eigenvalue weighted by Crippen LogP contribution is 2.36. The molecular weight excluding hydrogens is 273 g/mol. The molecule has 0 bridgehead atoms. The number of nitrogen functional groups attached to an aromatic ring is 1. The monoisotopic (exact) mass is 285 g/mol. The number of allylic oxidation sites excluding steroid dienone is 1. The number of halogens is 1.